The van der Waals surface area contributed by atoms with Crippen molar-refractivity contribution < 1.29 is 9.47 Å². The van der Waals surface area contributed by atoms with Crippen molar-refractivity contribution in [2.75, 3.05) is 40.4 Å². The molecule has 0 fully saturated rings. The lowest BCUT2D eigenvalue weighted by Gasteiger charge is -2.36. The Morgan fingerprint density at radius 3 is 2.72 bits per heavy atom. The summed E-state index contributed by atoms with van der Waals surface area (Å²) >= 11 is 0. The number of nitrogens with zero attached hydrogens (tertiary/aromatic N) is 2. The van der Waals surface area contributed by atoms with Gasteiger partial charge in [-0.1, -0.05) is 25.8 Å². The predicted molar refractivity (Wildman–Crippen MR) is 131 cm³/mol. The molecule has 0 amide bonds. The van der Waals surface area contributed by atoms with Crippen molar-refractivity contribution >= 4 is 0 Å². The van der Waals surface area contributed by atoms with E-state index in [9.17, 15) is 0 Å². The van der Waals surface area contributed by atoms with Crippen molar-refractivity contribution in [1.82, 2.24) is 20.2 Å². The average Bonchev–Trinajstić information content (AvgIpc) is 3.34. The number of methoxy groups -OCH3 is 2. The molecule has 3 rings (SSSR count). The smallest absolute Gasteiger partial charge is 0.164 e. The van der Waals surface area contributed by atoms with Gasteiger partial charge in [-0.3, -0.25) is 0 Å². The average molecular weight is 443 g/mol. The molecule has 6 nitrogen and oxygen atoms in total. The molecule has 1 unspecified atom stereocenters. The Morgan fingerprint density at radius 2 is 1.97 bits per heavy atom. The molecule has 0 saturated carbocycles. The molecule has 1 atom stereocenters. The van der Waals surface area contributed by atoms with Crippen LogP contribution in [0.1, 0.15) is 62.3 Å². The second-order valence-electron chi connectivity index (χ2n) is 8.86. The van der Waals surface area contributed by atoms with E-state index in [1.54, 1.807) is 20.5 Å². The number of ether oxygens (including phenoxy) is 2. The van der Waals surface area contributed by atoms with Crippen LogP contribution in [0.25, 0.3) is 0 Å². The summed E-state index contributed by atoms with van der Waals surface area (Å²) in [7, 11) is 3.47. The molecule has 0 spiro atoms. The van der Waals surface area contributed by atoms with Crippen LogP contribution in [0.2, 0.25) is 0 Å². The summed E-state index contributed by atoms with van der Waals surface area (Å²) in [6.45, 7) is 6.84. The molecule has 2 N–H and O–H groups in total. The van der Waals surface area contributed by atoms with Gasteiger partial charge in [0.25, 0.3) is 0 Å². The van der Waals surface area contributed by atoms with Gasteiger partial charge in [-0.25, -0.2) is 4.98 Å². The predicted octanol–water partition coefficient (Wildman–Crippen LogP) is 4.39. The number of hydrogen-bond acceptors (Lipinski definition) is 5. The normalized spacial score (nSPS) is 15.7. The lowest BCUT2D eigenvalue weighted by Crippen LogP contribution is -2.40. The lowest BCUT2D eigenvalue weighted by molar-refractivity contribution is 0.175. The number of fused-ring (bicyclic) bond motifs is 1. The summed E-state index contributed by atoms with van der Waals surface area (Å²) < 4.78 is 11.2. The Morgan fingerprint density at radius 1 is 1.09 bits per heavy atom. The van der Waals surface area contributed by atoms with E-state index in [0.29, 0.717) is 6.04 Å². The van der Waals surface area contributed by atoms with Gasteiger partial charge in [0.2, 0.25) is 0 Å². The minimum absolute atomic E-state index is 0.643. The molecule has 32 heavy (non-hydrogen) atoms. The Hall–Kier alpha value is -2.05. The molecule has 1 aromatic heterocycles. The van der Waals surface area contributed by atoms with Crippen LogP contribution in [0.5, 0.6) is 11.5 Å². The van der Waals surface area contributed by atoms with Crippen LogP contribution in [0.4, 0.5) is 0 Å². The van der Waals surface area contributed by atoms with Crippen LogP contribution in [-0.2, 0) is 19.3 Å². The second kappa shape index (κ2) is 13.5. The fourth-order valence-corrected chi connectivity index (χ4v) is 4.93. The molecule has 1 aromatic carbocycles. The van der Waals surface area contributed by atoms with E-state index in [-0.39, 0.29) is 0 Å². The third-order valence-corrected chi connectivity index (χ3v) is 6.63. The Labute approximate surface area is 194 Å². The number of H-pyrrole nitrogens is 1. The van der Waals surface area contributed by atoms with Crippen molar-refractivity contribution in [1.29, 1.82) is 0 Å². The number of aromatic amines is 1. The first-order valence-electron chi connectivity index (χ1n) is 12.4. The van der Waals surface area contributed by atoms with Crippen LogP contribution in [0, 0.1) is 0 Å². The number of hydrogen-bond donors (Lipinski definition) is 2. The minimum atomic E-state index is 0.643. The molecule has 1 aliphatic rings. The SMILES string of the molecule is CCCN(CCCCCCNCCc1cnc[nH]1)C1CCc2c(ccc(OC)c2OC)C1. The number of unbranched alkanes of at least 4 members (excludes halogenated alkanes) is 3. The van der Waals surface area contributed by atoms with Crippen LogP contribution in [0.3, 0.4) is 0 Å². The van der Waals surface area contributed by atoms with Crippen molar-refractivity contribution in [2.24, 2.45) is 0 Å². The first-order chi connectivity index (χ1) is 15.8. The first kappa shape index (κ1) is 24.6. The number of imidazole rings is 1. The summed E-state index contributed by atoms with van der Waals surface area (Å²) in [5.41, 5.74) is 3.98. The summed E-state index contributed by atoms with van der Waals surface area (Å²) in [6.07, 6.45) is 14.5. The maximum atomic E-state index is 5.68. The molecular weight excluding hydrogens is 400 g/mol. The van der Waals surface area contributed by atoms with E-state index in [2.05, 4.69) is 39.2 Å². The van der Waals surface area contributed by atoms with Gasteiger partial charge in [-0.2, -0.15) is 0 Å². The topological polar surface area (TPSA) is 62.4 Å². The highest BCUT2D eigenvalue weighted by atomic mass is 16.5. The Balaban J connectivity index is 1.36. The highest BCUT2D eigenvalue weighted by molar-refractivity contribution is 5.52. The summed E-state index contributed by atoms with van der Waals surface area (Å²) in [6, 6.07) is 4.95. The fourth-order valence-electron chi connectivity index (χ4n) is 4.93. The molecule has 1 aliphatic carbocycles. The molecule has 6 heteroatoms. The van der Waals surface area contributed by atoms with Crippen molar-refractivity contribution in [3.63, 3.8) is 0 Å². The van der Waals surface area contributed by atoms with Crippen LogP contribution in [0.15, 0.2) is 24.7 Å². The van der Waals surface area contributed by atoms with Gasteiger partial charge in [0.05, 0.1) is 20.5 Å². The molecule has 2 aromatic rings. The first-order valence-corrected chi connectivity index (χ1v) is 12.4. The second-order valence-corrected chi connectivity index (χ2v) is 8.86. The van der Waals surface area contributed by atoms with E-state index >= 15 is 0 Å². The maximum Gasteiger partial charge on any atom is 0.164 e. The van der Waals surface area contributed by atoms with Gasteiger partial charge >= 0.3 is 0 Å². The summed E-state index contributed by atoms with van der Waals surface area (Å²) in [5.74, 6) is 1.79. The maximum absolute atomic E-state index is 5.68. The Kier molecular flexibility index (Phi) is 10.4. The van der Waals surface area contributed by atoms with Gasteiger partial charge < -0.3 is 24.7 Å². The van der Waals surface area contributed by atoms with E-state index in [1.807, 2.05) is 6.20 Å². The van der Waals surface area contributed by atoms with Crippen molar-refractivity contribution in [2.45, 2.75) is 70.8 Å². The minimum Gasteiger partial charge on any atom is -0.493 e. The molecular formula is C26H42N4O2. The summed E-state index contributed by atoms with van der Waals surface area (Å²) in [5, 5.41) is 3.54. The van der Waals surface area contributed by atoms with Crippen LogP contribution < -0.4 is 14.8 Å². The van der Waals surface area contributed by atoms with Crippen LogP contribution >= 0.6 is 0 Å². The summed E-state index contributed by atoms with van der Waals surface area (Å²) in [4.78, 5) is 9.95. The number of aromatic nitrogens is 2. The standard InChI is InChI=1S/C26H42N4O2/c1-4-16-30(17-8-6-5-7-14-27-15-13-22-19-28-20-29-22)23-10-11-24-21(18-23)9-12-25(31-2)26(24)32-3/h9,12,19-20,23,27H,4-8,10-11,13-18H2,1-3H3,(H,28,29). The Bertz CT molecular complexity index is 778. The highest BCUT2D eigenvalue weighted by Gasteiger charge is 2.26. The zero-order valence-corrected chi connectivity index (χ0v) is 20.3. The quantitative estimate of drug-likeness (QED) is 0.401. The molecule has 178 valence electrons. The third kappa shape index (κ3) is 6.97. The van der Waals surface area contributed by atoms with Crippen molar-refractivity contribution in [3.8, 4) is 11.5 Å². The number of rotatable bonds is 15. The van der Waals surface area contributed by atoms with E-state index in [0.717, 1.165) is 43.9 Å². The molecule has 0 radical (unpaired) electrons. The monoisotopic (exact) mass is 442 g/mol. The van der Waals surface area contributed by atoms with Gasteiger partial charge in [0.1, 0.15) is 0 Å². The van der Waals surface area contributed by atoms with Gasteiger partial charge in [-0.05, 0) is 69.8 Å². The number of benzene rings is 1. The molecule has 0 aliphatic heterocycles. The van der Waals surface area contributed by atoms with Gasteiger partial charge in [0, 0.05) is 36.5 Å². The van der Waals surface area contributed by atoms with Crippen LogP contribution in [-0.4, -0.2) is 61.3 Å². The number of nitrogens with one attached hydrogen (secondary N) is 2. The lowest BCUT2D eigenvalue weighted by atomic mass is 9.86. The van der Waals surface area contributed by atoms with E-state index < -0.39 is 0 Å². The zero-order chi connectivity index (χ0) is 22.6. The van der Waals surface area contributed by atoms with Gasteiger partial charge in [0.15, 0.2) is 11.5 Å². The third-order valence-electron chi connectivity index (χ3n) is 6.63. The van der Waals surface area contributed by atoms with Crippen molar-refractivity contribution in [3.05, 3.63) is 41.5 Å². The fraction of sp³-hybridized carbons (Fsp3) is 0.654. The largest absolute Gasteiger partial charge is 0.493 e. The highest BCUT2D eigenvalue weighted by Crippen LogP contribution is 2.38. The van der Waals surface area contributed by atoms with Gasteiger partial charge in [-0.15, -0.1) is 0 Å². The van der Waals surface area contributed by atoms with E-state index in [4.69, 9.17) is 9.47 Å². The molecule has 0 bridgehead atoms. The van der Waals surface area contributed by atoms with E-state index in [1.165, 1.54) is 68.4 Å². The zero-order valence-electron chi connectivity index (χ0n) is 20.3. The molecule has 1 heterocycles. The molecule has 0 saturated heterocycles.